The number of aromatic nitrogens is 3. The molecule has 2 aliphatic rings. The van der Waals surface area contributed by atoms with E-state index in [9.17, 15) is 18.9 Å². The molecule has 0 aromatic carbocycles. The second-order valence-corrected chi connectivity index (χ2v) is 9.34. The summed E-state index contributed by atoms with van der Waals surface area (Å²) in [5, 5.41) is 0. The number of nitrogens with zero attached hydrogens (tertiary/aromatic N) is 3. The molecule has 0 spiro atoms. The van der Waals surface area contributed by atoms with Crippen LogP contribution in [0.1, 0.15) is 25.1 Å². The number of aryl methyl sites for hydroxylation is 1. The van der Waals surface area contributed by atoms with Gasteiger partial charge in [-0.15, -0.1) is 0 Å². The zero-order chi connectivity index (χ0) is 22.9. The third-order valence-electron chi connectivity index (χ3n) is 5.12. The Kier molecular flexibility index (Phi) is 6.29. The zero-order valence-electron chi connectivity index (χ0n) is 17.5. The first-order valence-corrected chi connectivity index (χ1v) is 11.5. The lowest BCUT2D eigenvalue weighted by atomic mass is 10.2. The van der Waals surface area contributed by atoms with Crippen LogP contribution >= 0.6 is 7.75 Å². The predicted molar refractivity (Wildman–Crippen MR) is 111 cm³/mol. The van der Waals surface area contributed by atoms with Gasteiger partial charge >= 0.3 is 19.4 Å². The Bertz CT molecular complexity index is 1150. The summed E-state index contributed by atoms with van der Waals surface area (Å²) in [5.74, 6) is -0.0848. The number of carbonyl (C=O) groups excluding carboxylic acids is 1. The summed E-state index contributed by atoms with van der Waals surface area (Å²) >= 11 is 0. The molecular formula is C19H23N4O8P. The van der Waals surface area contributed by atoms with E-state index in [-0.39, 0.29) is 19.6 Å². The SMILES string of the molecule is CC(=O)O[C@H]1C[C@H](n2cc(C)c(=O)[nH]c2=O)O[C@@H]1COP1(=O)OCCN1c1ccccn1. The highest BCUT2D eigenvalue weighted by Crippen LogP contribution is 2.57. The Balaban J connectivity index is 1.52. The molecule has 2 saturated heterocycles. The number of hydrogen-bond acceptors (Lipinski definition) is 9. The molecule has 2 fully saturated rings. The Hall–Kier alpha value is -2.79. The zero-order valence-corrected chi connectivity index (χ0v) is 18.4. The third kappa shape index (κ3) is 4.53. The summed E-state index contributed by atoms with van der Waals surface area (Å²) in [4.78, 5) is 41.9. The van der Waals surface area contributed by atoms with E-state index in [1.165, 1.54) is 22.4 Å². The van der Waals surface area contributed by atoms with E-state index in [0.717, 1.165) is 0 Å². The Labute approximate surface area is 182 Å². The maximum atomic E-state index is 13.3. The molecule has 4 atom stereocenters. The van der Waals surface area contributed by atoms with Crippen molar-refractivity contribution in [2.75, 3.05) is 24.4 Å². The first-order chi connectivity index (χ1) is 15.3. The van der Waals surface area contributed by atoms with Crippen molar-refractivity contribution in [2.45, 2.75) is 38.7 Å². The number of rotatable bonds is 6. The monoisotopic (exact) mass is 466 g/mol. The second-order valence-electron chi connectivity index (χ2n) is 7.40. The molecule has 1 N–H and O–H groups in total. The quantitative estimate of drug-likeness (QED) is 0.486. The van der Waals surface area contributed by atoms with Crippen molar-refractivity contribution in [2.24, 2.45) is 0 Å². The molecule has 2 aliphatic heterocycles. The number of nitrogens with one attached hydrogen (secondary N) is 1. The van der Waals surface area contributed by atoms with Gasteiger partial charge in [-0.05, 0) is 19.1 Å². The van der Waals surface area contributed by atoms with Gasteiger partial charge in [-0.3, -0.25) is 32.9 Å². The molecule has 0 amide bonds. The highest BCUT2D eigenvalue weighted by Gasteiger charge is 2.44. The average molecular weight is 466 g/mol. The number of H-pyrrole nitrogens is 1. The Morgan fingerprint density at radius 3 is 2.91 bits per heavy atom. The molecule has 2 aromatic heterocycles. The van der Waals surface area contributed by atoms with Gasteiger partial charge in [0, 0.05) is 31.3 Å². The van der Waals surface area contributed by atoms with Crippen LogP contribution in [0.15, 0.2) is 40.2 Å². The molecule has 4 rings (SSSR count). The summed E-state index contributed by atoms with van der Waals surface area (Å²) in [7, 11) is -3.70. The summed E-state index contributed by atoms with van der Waals surface area (Å²) in [6.45, 7) is 3.13. The minimum atomic E-state index is -3.70. The molecule has 1 unspecified atom stereocenters. The molecule has 12 nitrogen and oxygen atoms in total. The lowest BCUT2D eigenvalue weighted by Crippen LogP contribution is -2.33. The Morgan fingerprint density at radius 1 is 1.38 bits per heavy atom. The van der Waals surface area contributed by atoms with E-state index < -0.39 is 43.4 Å². The van der Waals surface area contributed by atoms with Crippen LogP contribution in [0.3, 0.4) is 0 Å². The number of carbonyl (C=O) groups is 1. The van der Waals surface area contributed by atoms with Crippen LogP contribution in [0.25, 0.3) is 0 Å². The Morgan fingerprint density at radius 2 is 2.19 bits per heavy atom. The number of hydrogen-bond donors (Lipinski definition) is 1. The van der Waals surface area contributed by atoms with E-state index in [0.29, 0.717) is 17.9 Å². The predicted octanol–water partition coefficient (Wildman–Crippen LogP) is 1.12. The van der Waals surface area contributed by atoms with Crippen LogP contribution in [0.5, 0.6) is 0 Å². The first kappa shape index (κ1) is 22.4. The van der Waals surface area contributed by atoms with Crippen LogP contribution in [-0.2, 0) is 27.9 Å². The van der Waals surface area contributed by atoms with Gasteiger partial charge < -0.3 is 9.47 Å². The minimum absolute atomic E-state index is 0.147. The molecule has 4 heterocycles. The van der Waals surface area contributed by atoms with Crippen LogP contribution in [0.4, 0.5) is 5.82 Å². The van der Waals surface area contributed by atoms with Gasteiger partial charge in [0.2, 0.25) is 0 Å². The van der Waals surface area contributed by atoms with Crippen molar-refractivity contribution in [1.29, 1.82) is 0 Å². The molecule has 0 bridgehead atoms. The third-order valence-corrected chi connectivity index (χ3v) is 7.10. The van der Waals surface area contributed by atoms with E-state index >= 15 is 0 Å². The van der Waals surface area contributed by atoms with Crippen LogP contribution < -0.4 is 15.9 Å². The first-order valence-electron chi connectivity index (χ1n) is 10.00. The van der Waals surface area contributed by atoms with Crippen molar-refractivity contribution in [3.05, 3.63) is 57.0 Å². The fourth-order valence-electron chi connectivity index (χ4n) is 3.61. The normalized spacial score (nSPS) is 27.6. The molecule has 172 valence electrons. The van der Waals surface area contributed by atoms with Gasteiger partial charge in [-0.2, -0.15) is 0 Å². The number of aromatic amines is 1. The van der Waals surface area contributed by atoms with E-state index in [1.807, 2.05) is 0 Å². The molecule has 32 heavy (non-hydrogen) atoms. The molecule has 0 radical (unpaired) electrons. The van der Waals surface area contributed by atoms with E-state index in [2.05, 4.69) is 9.97 Å². The van der Waals surface area contributed by atoms with Crippen molar-refractivity contribution in [3.8, 4) is 0 Å². The van der Waals surface area contributed by atoms with Crippen molar-refractivity contribution >= 4 is 19.5 Å². The maximum absolute atomic E-state index is 13.3. The van der Waals surface area contributed by atoms with Crippen molar-refractivity contribution in [1.82, 2.24) is 14.5 Å². The lowest BCUT2D eigenvalue weighted by molar-refractivity contribution is -0.150. The van der Waals surface area contributed by atoms with E-state index in [1.54, 1.807) is 31.3 Å². The van der Waals surface area contributed by atoms with Gasteiger partial charge in [0.1, 0.15) is 24.3 Å². The number of ether oxygens (including phenoxy) is 2. The van der Waals surface area contributed by atoms with Gasteiger partial charge in [-0.1, -0.05) is 6.07 Å². The summed E-state index contributed by atoms with van der Waals surface area (Å²) < 4.78 is 38.3. The van der Waals surface area contributed by atoms with E-state index in [4.69, 9.17) is 18.5 Å². The topological polar surface area (TPSA) is 142 Å². The molecule has 0 saturated carbocycles. The molecule has 13 heteroatoms. The van der Waals surface area contributed by atoms with Crippen molar-refractivity contribution < 1.29 is 27.9 Å². The summed E-state index contributed by atoms with van der Waals surface area (Å²) in [6, 6.07) is 5.19. The molecule has 0 aliphatic carbocycles. The molecule has 2 aromatic rings. The van der Waals surface area contributed by atoms with Crippen molar-refractivity contribution in [3.63, 3.8) is 0 Å². The number of esters is 1. The van der Waals surface area contributed by atoms with Gasteiger partial charge in [-0.25, -0.2) is 14.3 Å². The van der Waals surface area contributed by atoms with Crippen LogP contribution in [0.2, 0.25) is 0 Å². The highest BCUT2D eigenvalue weighted by molar-refractivity contribution is 7.56. The van der Waals surface area contributed by atoms with Gasteiger partial charge in [0.15, 0.2) is 0 Å². The number of anilines is 1. The van der Waals surface area contributed by atoms with Crippen LogP contribution in [-0.4, -0.2) is 52.5 Å². The second kappa shape index (κ2) is 8.99. The molecular weight excluding hydrogens is 443 g/mol. The van der Waals surface area contributed by atoms with Gasteiger partial charge in [0.05, 0.1) is 19.8 Å². The number of pyridine rings is 1. The lowest BCUT2D eigenvalue weighted by Gasteiger charge is -2.25. The minimum Gasteiger partial charge on any atom is -0.460 e. The van der Waals surface area contributed by atoms with Crippen LogP contribution in [0, 0.1) is 6.92 Å². The fraction of sp³-hybridized carbons (Fsp3) is 0.474. The summed E-state index contributed by atoms with van der Waals surface area (Å²) in [5.41, 5.74) is -0.819. The highest BCUT2D eigenvalue weighted by atomic mass is 31.2. The average Bonchev–Trinajstić information content (AvgIpc) is 3.33. The fourth-order valence-corrected chi connectivity index (χ4v) is 5.31. The van der Waals surface area contributed by atoms with Gasteiger partial charge in [0.25, 0.3) is 5.56 Å². The largest absolute Gasteiger partial charge is 0.460 e. The smallest absolute Gasteiger partial charge is 0.436 e. The standard InChI is InChI=1S/C19H23N4O8P/c1-12-10-22(19(26)21-18(12)25)17-9-14(30-13(2)24)15(31-17)11-29-32(27)23(7-8-28-32)16-5-3-4-6-20-16/h3-6,10,14-15,17H,7-9,11H2,1-2H3,(H,21,25,26)/t14-,15+,17+,32?/m0/s1. The summed E-state index contributed by atoms with van der Waals surface area (Å²) in [6.07, 6.45) is 0.716. The maximum Gasteiger partial charge on any atom is 0.436 e.